The predicted molar refractivity (Wildman–Crippen MR) is 55.0 cm³/mol. The highest BCUT2D eigenvalue weighted by Crippen LogP contribution is 2.23. The van der Waals surface area contributed by atoms with Gasteiger partial charge in [-0.05, 0) is 28.0 Å². The van der Waals surface area contributed by atoms with E-state index in [1.54, 1.807) is 0 Å². The molecule has 2 heteroatoms. The van der Waals surface area contributed by atoms with Crippen molar-refractivity contribution in [2.45, 2.75) is 25.7 Å². The molecule has 0 fully saturated rings. The lowest BCUT2D eigenvalue weighted by atomic mass is 10.2. The van der Waals surface area contributed by atoms with Crippen molar-refractivity contribution >= 4 is 8.58 Å². The van der Waals surface area contributed by atoms with E-state index >= 15 is 0 Å². The first-order chi connectivity index (χ1) is 5.29. The van der Waals surface area contributed by atoms with Crippen LogP contribution < -0.4 is 24.0 Å². The normalized spacial score (nSPS) is 10.6. The average molecular weight is 294 g/mol. The summed E-state index contributed by atoms with van der Waals surface area (Å²) in [5.74, 6) is 0. The third kappa shape index (κ3) is 5.10. The Morgan fingerprint density at radius 2 is 1.75 bits per heavy atom. The Balaban J connectivity index is 0.00000121. The van der Waals surface area contributed by atoms with Crippen molar-refractivity contribution in [3.63, 3.8) is 0 Å². The van der Waals surface area contributed by atoms with Crippen LogP contribution in [0.25, 0.3) is 0 Å². The quantitative estimate of drug-likeness (QED) is 0.544. The van der Waals surface area contributed by atoms with E-state index in [0.717, 1.165) is 5.66 Å². The summed E-state index contributed by atoms with van der Waals surface area (Å²) < 4.78 is 0. The van der Waals surface area contributed by atoms with Gasteiger partial charge in [0, 0.05) is 0 Å². The summed E-state index contributed by atoms with van der Waals surface area (Å²) in [6, 6.07) is 10.8. The van der Waals surface area contributed by atoms with E-state index in [0.29, 0.717) is 8.58 Å². The van der Waals surface area contributed by atoms with Gasteiger partial charge < -0.3 is 24.0 Å². The Morgan fingerprint density at radius 3 is 2.25 bits per heavy atom. The van der Waals surface area contributed by atoms with Crippen LogP contribution in [-0.2, 0) is 6.16 Å². The molecule has 0 saturated carbocycles. The molecule has 0 aromatic heterocycles. The highest BCUT2D eigenvalue weighted by atomic mass is 127. The lowest BCUT2D eigenvalue weighted by molar-refractivity contribution is -0.00000236. The molecule has 0 saturated heterocycles. The van der Waals surface area contributed by atoms with Crippen LogP contribution in [-0.4, -0.2) is 5.66 Å². The molecule has 1 aromatic carbocycles. The maximum Gasteiger partial charge on any atom is 0.0800 e. The second-order valence-corrected chi connectivity index (χ2v) is 5.38. The largest absolute Gasteiger partial charge is 1.00 e. The smallest absolute Gasteiger partial charge is 0.0800 e. The van der Waals surface area contributed by atoms with Gasteiger partial charge in [0.1, 0.15) is 0 Å². The van der Waals surface area contributed by atoms with Gasteiger partial charge in [-0.1, -0.05) is 30.3 Å². The van der Waals surface area contributed by atoms with Gasteiger partial charge in [-0.3, -0.25) is 0 Å². The molecular formula is C10H16IP. The summed E-state index contributed by atoms with van der Waals surface area (Å²) in [5, 5.41) is 0. The van der Waals surface area contributed by atoms with Crippen molar-refractivity contribution in [2.24, 2.45) is 0 Å². The Kier molecular flexibility index (Phi) is 7.07. The molecule has 1 atom stereocenters. The van der Waals surface area contributed by atoms with Crippen molar-refractivity contribution in [1.29, 1.82) is 0 Å². The van der Waals surface area contributed by atoms with Crippen LogP contribution in [0.15, 0.2) is 30.3 Å². The van der Waals surface area contributed by atoms with Gasteiger partial charge >= 0.3 is 0 Å². The molecule has 1 aromatic rings. The molecule has 12 heavy (non-hydrogen) atoms. The Morgan fingerprint density at radius 1 is 1.17 bits per heavy atom. The topological polar surface area (TPSA) is 0 Å². The second-order valence-electron chi connectivity index (χ2n) is 3.17. The number of rotatable bonds is 3. The van der Waals surface area contributed by atoms with Crippen LogP contribution >= 0.6 is 8.58 Å². The fourth-order valence-electron chi connectivity index (χ4n) is 0.986. The fraction of sp³-hybridized carbons (Fsp3) is 0.400. The summed E-state index contributed by atoms with van der Waals surface area (Å²) in [6.45, 7) is 4.61. The highest BCUT2D eigenvalue weighted by molar-refractivity contribution is 7.37. The molecule has 0 aliphatic carbocycles. The lowest BCUT2D eigenvalue weighted by Crippen LogP contribution is -3.00. The molecule has 0 amide bonds. The third-order valence-corrected chi connectivity index (χ3v) is 3.32. The van der Waals surface area contributed by atoms with Crippen LogP contribution in [0.2, 0.25) is 0 Å². The van der Waals surface area contributed by atoms with E-state index in [1.165, 1.54) is 11.7 Å². The van der Waals surface area contributed by atoms with E-state index in [9.17, 15) is 0 Å². The Bertz CT molecular complexity index is 196. The van der Waals surface area contributed by atoms with Crippen molar-refractivity contribution in [1.82, 2.24) is 0 Å². The minimum Gasteiger partial charge on any atom is -1.00 e. The molecule has 0 aliphatic heterocycles. The van der Waals surface area contributed by atoms with Crippen molar-refractivity contribution < 1.29 is 24.0 Å². The van der Waals surface area contributed by atoms with Crippen molar-refractivity contribution in [2.75, 3.05) is 0 Å². The van der Waals surface area contributed by atoms with Crippen LogP contribution in [0, 0.1) is 0 Å². The summed E-state index contributed by atoms with van der Waals surface area (Å²) >= 11 is 0. The van der Waals surface area contributed by atoms with Crippen LogP contribution in [0.1, 0.15) is 19.4 Å². The molecular weight excluding hydrogens is 278 g/mol. The van der Waals surface area contributed by atoms with E-state index in [-0.39, 0.29) is 24.0 Å². The minimum atomic E-state index is 0. The molecule has 1 rings (SSSR count). The molecule has 0 spiro atoms. The average Bonchev–Trinajstić information content (AvgIpc) is 2.03. The first kappa shape index (κ1) is 12.4. The second kappa shape index (κ2) is 6.85. The van der Waals surface area contributed by atoms with Gasteiger partial charge in [0.25, 0.3) is 0 Å². The molecule has 0 aliphatic rings. The fourth-order valence-corrected chi connectivity index (χ4v) is 2.00. The SMILES string of the molecule is CC(C)[PH2+]Cc1ccccc1.[I-]. The lowest BCUT2D eigenvalue weighted by Gasteiger charge is -1.97. The monoisotopic (exact) mass is 294 g/mol. The van der Waals surface area contributed by atoms with Crippen molar-refractivity contribution in [3.05, 3.63) is 35.9 Å². The zero-order valence-electron chi connectivity index (χ0n) is 7.63. The zero-order chi connectivity index (χ0) is 8.10. The summed E-state index contributed by atoms with van der Waals surface area (Å²) in [5.41, 5.74) is 2.39. The van der Waals surface area contributed by atoms with Gasteiger partial charge in [-0.2, -0.15) is 0 Å². The van der Waals surface area contributed by atoms with Gasteiger partial charge in [0.15, 0.2) is 0 Å². The van der Waals surface area contributed by atoms with E-state index in [2.05, 4.69) is 44.2 Å². The van der Waals surface area contributed by atoms with Gasteiger partial charge in [-0.15, -0.1) is 0 Å². The maximum absolute atomic E-state index is 2.30. The standard InChI is InChI=1S/C10H15P.HI/c1-9(2)11-8-10-6-4-3-5-7-10;/h3-7,9,11H,8H2,1-2H3;1H. The number of halogens is 1. The molecule has 68 valence electrons. The van der Waals surface area contributed by atoms with Gasteiger partial charge in [0.2, 0.25) is 0 Å². The van der Waals surface area contributed by atoms with Crippen LogP contribution in [0.3, 0.4) is 0 Å². The number of hydrogen-bond acceptors (Lipinski definition) is 0. The molecule has 1 unspecified atom stereocenters. The summed E-state index contributed by atoms with van der Waals surface area (Å²) in [7, 11) is 0.607. The van der Waals surface area contributed by atoms with Gasteiger partial charge in [-0.25, -0.2) is 0 Å². The Hall–Kier alpha value is 0.380. The first-order valence-electron chi connectivity index (χ1n) is 4.16. The number of benzene rings is 1. The Labute approximate surface area is 93.9 Å². The molecule has 0 heterocycles. The predicted octanol–water partition coefficient (Wildman–Crippen LogP) is 0.00980. The maximum atomic E-state index is 2.30. The molecule has 0 nitrogen and oxygen atoms in total. The molecule has 0 bridgehead atoms. The van der Waals surface area contributed by atoms with Crippen LogP contribution in [0.5, 0.6) is 0 Å². The van der Waals surface area contributed by atoms with E-state index < -0.39 is 0 Å². The summed E-state index contributed by atoms with van der Waals surface area (Å²) in [4.78, 5) is 0. The molecule has 0 N–H and O–H groups in total. The zero-order valence-corrected chi connectivity index (χ0v) is 10.9. The van der Waals surface area contributed by atoms with Gasteiger partial charge in [0.05, 0.1) is 11.8 Å². The van der Waals surface area contributed by atoms with E-state index in [4.69, 9.17) is 0 Å². The highest BCUT2D eigenvalue weighted by Gasteiger charge is 2.00. The third-order valence-electron chi connectivity index (χ3n) is 1.67. The minimum absolute atomic E-state index is 0. The summed E-state index contributed by atoms with van der Waals surface area (Å²) in [6.07, 6.45) is 1.30. The van der Waals surface area contributed by atoms with Crippen LogP contribution in [0.4, 0.5) is 0 Å². The van der Waals surface area contributed by atoms with Crippen molar-refractivity contribution in [3.8, 4) is 0 Å². The number of hydrogen-bond donors (Lipinski definition) is 0. The van der Waals surface area contributed by atoms with E-state index in [1.807, 2.05) is 0 Å². The molecule has 0 radical (unpaired) electrons. The first-order valence-corrected chi connectivity index (χ1v) is 5.64.